The van der Waals surface area contributed by atoms with Crippen LogP contribution in [0.25, 0.3) is 5.65 Å². The Morgan fingerprint density at radius 2 is 2.30 bits per heavy atom. The summed E-state index contributed by atoms with van der Waals surface area (Å²) in [6.45, 7) is 4.07. The van der Waals surface area contributed by atoms with E-state index in [1.807, 2.05) is 13.1 Å². The molecule has 2 unspecified atom stereocenters. The molecule has 0 spiro atoms. The van der Waals surface area contributed by atoms with Gasteiger partial charge < -0.3 is 4.40 Å². The van der Waals surface area contributed by atoms with E-state index in [0.29, 0.717) is 5.65 Å². The molecule has 0 aromatic carbocycles. The molecule has 2 aromatic heterocycles. The van der Waals surface area contributed by atoms with E-state index in [-0.39, 0.29) is 22.8 Å². The van der Waals surface area contributed by atoms with Crippen LogP contribution in [0.5, 0.6) is 0 Å². The second-order valence-electron chi connectivity index (χ2n) is 5.12. The largest absolute Gasteiger partial charge is 0.301 e. The van der Waals surface area contributed by atoms with Crippen molar-refractivity contribution in [3.63, 3.8) is 0 Å². The van der Waals surface area contributed by atoms with Crippen LogP contribution in [0, 0.1) is 17.1 Å². The van der Waals surface area contributed by atoms with Crippen molar-refractivity contribution in [1.82, 2.24) is 9.38 Å². The third-order valence-electron chi connectivity index (χ3n) is 3.77. The molecule has 0 aliphatic heterocycles. The summed E-state index contributed by atoms with van der Waals surface area (Å²) in [5.41, 5.74) is 1.25. The molecule has 2 rings (SSSR count). The molecule has 0 radical (unpaired) electrons. The number of pyridine rings is 1. The first-order chi connectivity index (χ1) is 9.56. The molecule has 0 fully saturated rings. The topological polar surface area (TPSA) is 41.2 Å². The molecule has 0 saturated carbocycles. The third kappa shape index (κ3) is 2.85. The number of halogens is 2. The summed E-state index contributed by atoms with van der Waals surface area (Å²) in [6, 6.07) is 3.07. The van der Waals surface area contributed by atoms with Crippen LogP contribution in [-0.2, 0) is 0 Å². The Morgan fingerprint density at radius 3 is 2.95 bits per heavy atom. The van der Waals surface area contributed by atoms with E-state index in [4.69, 9.17) is 17.0 Å². The number of imidazole rings is 1. The zero-order chi connectivity index (χ0) is 14.7. The van der Waals surface area contributed by atoms with Crippen LogP contribution in [0.15, 0.2) is 24.5 Å². The highest BCUT2D eigenvalue weighted by molar-refractivity contribution is 6.65. The van der Waals surface area contributed by atoms with E-state index in [0.717, 1.165) is 25.0 Å². The van der Waals surface area contributed by atoms with E-state index >= 15 is 0 Å². The van der Waals surface area contributed by atoms with Crippen molar-refractivity contribution in [3.8, 4) is 0 Å². The first kappa shape index (κ1) is 15.0. The van der Waals surface area contributed by atoms with Gasteiger partial charge in [-0.25, -0.2) is 9.37 Å². The molecule has 108 valence electrons. The number of nitrogens with one attached hydrogen (secondary N) is 1. The maximum absolute atomic E-state index is 13.7. The predicted octanol–water partition coefficient (Wildman–Crippen LogP) is 4.60. The van der Waals surface area contributed by atoms with Gasteiger partial charge in [-0.15, -0.1) is 0 Å². The Hall–Kier alpha value is -1.42. The Labute approximate surface area is 123 Å². The van der Waals surface area contributed by atoms with Crippen LogP contribution in [0.1, 0.15) is 44.7 Å². The van der Waals surface area contributed by atoms with Gasteiger partial charge in [-0.3, -0.25) is 5.41 Å². The Kier molecular flexibility index (Phi) is 4.76. The Balaban J connectivity index is 2.45. The summed E-state index contributed by atoms with van der Waals surface area (Å²) in [6.07, 6.45) is 6.54. The standard InChI is InChI=1S/C15H19ClFN3/c1-3-4-6-11(10(2)14(16)18)13-9-19-15-12(17)7-5-8-20(13)15/h5,7-11,18H,3-4,6H2,1-2H3. The fraction of sp³-hybridized carbons (Fsp3) is 0.467. The monoisotopic (exact) mass is 295 g/mol. The van der Waals surface area contributed by atoms with Crippen LogP contribution in [0.2, 0.25) is 0 Å². The molecule has 0 aliphatic rings. The van der Waals surface area contributed by atoms with Gasteiger partial charge in [-0.2, -0.15) is 0 Å². The highest BCUT2D eigenvalue weighted by Crippen LogP contribution is 2.32. The van der Waals surface area contributed by atoms with Gasteiger partial charge in [-0.1, -0.05) is 38.3 Å². The molecule has 2 heterocycles. The summed E-state index contributed by atoms with van der Waals surface area (Å²) in [5.74, 6) is -0.343. The molecule has 0 bridgehead atoms. The average Bonchev–Trinajstić information content (AvgIpc) is 2.84. The summed E-state index contributed by atoms with van der Waals surface area (Å²) in [5, 5.41) is 7.82. The first-order valence-corrected chi connectivity index (χ1v) is 7.29. The van der Waals surface area contributed by atoms with Crippen molar-refractivity contribution in [2.24, 2.45) is 5.92 Å². The molecule has 0 amide bonds. The molecule has 3 nitrogen and oxygen atoms in total. The number of hydrogen-bond donors (Lipinski definition) is 1. The zero-order valence-corrected chi connectivity index (χ0v) is 12.5. The van der Waals surface area contributed by atoms with E-state index in [9.17, 15) is 4.39 Å². The van der Waals surface area contributed by atoms with Gasteiger partial charge in [0.2, 0.25) is 0 Å². The highest BCUT2D eigenvalue weighted by Gasteiger charge is 2.25. The van der Waals surface area contributed by atoms with E-state index in [1.54, 1.807) is 16.7 Å². The van der Waals surface area contributed by atoms with Crippen LogP contribution in [0.4, 0.5) is 4.39 Å². The Bertz CT molecular complexity index is 608. The molecule has 0 saturated heterocycles. The zero-order valence-electron chi connectivity index (χ0n) is 11.7. The normalized spacial score (nSPS) is 14.4. The van der Waals surface area contributed by atoms with E-state index in [2.05, 4.69) is 11.9 Å². The van der Waals surface area contributed by atoms with Crippen LogP contribution >= 0.6 is 11.6 Å². The van der Waals surface area contributed by atoms with Gasteiger partial charge in [0.05, 0.1) is 0 Å². The summed E-state index contributed by atoms with van der Waals surface area (Å²) in [4.78, 5) is 4.16. The summed E-state index contributed by atoms with van der Waals surface area (Å²) < 4.78 is 15.5. The summed E-state index contributed by atoms with van der Waals surface area (Å²) in [7, 11) is 0. The van der Waals surface area contributed by atoms with Gasteiger partial charge >= 0.3 is 0 Å². The maximum Gasteiger partial charge on any atom is 0.173 e. The van der Waals surface area contributed by atoms with Crippen molar-refractivity contribution in [3.05, 3.63) is 36.0 Å². The molecule has 0 aliphatic carbocycles. The second-order valence-corrected chi connectivity index (χ2v) is 5.53. The lowest BCUT2D eigenvalue weighted by Crippen LogP contribution is -2.17. The number of rotatable bonds is 6. The van der Waals surface area contributed by atoms with Crippen LogP contribution < -0.4 is 0 Å². The molecule has 20 heavy (non-hydrogen) atoms. The fourth-order valence-corrected chi connectivity index (χ4v) is 2.68. The molecule has 2 aromatic rings. The van der Waals surface area contributed by atoms with Crippen LogP contribution in [0.3, 0.4) is 0 Å². The number of aromatic nitrogens is 2. The number of unbranched alkanes of at least 4 members (excludes halogenated alkanes) is 1. The van der Waals surface area contributed by atoms with Crippen LogP contribution in [-0.4, -0.2) is 14.6 Å². The van der Waals surface area contributed by atoms with Gasteiger partial charge in [0, 0.05) is 29.9 Å². The number of fused-ring (bicyclic) bond motifs is 1. The number of nitrogens with zero attached hydrogens (tertiary/aromatic N) is 2. The van der Waals surface area contributed by atoms with Crippen molar-refractivity contribution in [2.45, 2.75) is 39.0 Å². The molecule has 2 atom stereocenters. The van der Waals surface area contributed by atoms with E-state index < -0.39 is 0 Å². The minimum absolute atomic E-state index is 0.0803. The lowest BCUT2D eigenvalue weighted by atomic mass is 9.87. The highest BCUT2D eigenvalue weighted by atomic mass is 35.5. The summed E-state index contributed by atoms with van der Waals surface area (Å²) >= 11 is 5.88. The second kappa shape index (κ2) is 6.35. The third-order valence-corrected chi connectivity index (χ3v) is 4.11. The minimum Gasteiger partial charge on any atom is -0.301 e. The average molecular weight is 296 g/mol. The van der Waals surface area contributed by atoms with Gasteiger partial charge in [-0.05, 0) is 18.6 Å². The predicted molar refractivity (Wildman–Crippen MR) is 80.2 cm³/mol. The maximum atomic E-state index is 13.7. The first-order valence-electron chi connectivity index (χ1n) is 6.91. The van der Waals surface area contributed by atoms with Gasteiger partial charge in [0.25, 0.3) is 0 Å². The fourth-order valence-electron chi connectivity index (χ4n) is 2.52. The minimum atomic E-state index is -0.332. The number of hydrogen-bond acceptors (Lipinski definition) is 2. The van der Waals surface area contributed by atoms with Gasteiger partial charge in [0.15, 0.2) is 11.5 Å². The lowest BCUT2D eigenvalue weighted by Gasteiger charge is -2.22. The van der Waals surface area contributed by atoms with Crippen molar-refractivity contribution >= 4 is 22.4 Å². The molecule has 1 N–H and O–H groups in total. The SMILES string of the molecule is CCCCC(c1cnc2c(F)cccn12)C(C)C(=N)Cl. The molecule has 5 heteroatoms. The lowest BCUT2D eigenvalue weighted by molar-refractivity contribution is 0.497. The smallest absolute Gasteiger partial charge is 0.173 e. The van der Waals surface area contributed by atoms with Crippen molar-refractivity contribution in [1.29, 1.82) is 5.41 Å². The Morgan fingerprint density at radius 1 is 1.55 bits per heavy atom. The molecular weight excluding hydrogens is 277 g/mol. The van der Waals surface area contributed by atoms with Crippen molar-refractivity contribution in [2.75, 3.05) is 0 Å². The van der Waals surface area contributed by atoms with E-state index in [1.165, 1.54) is 6.07 Å². The van der Waals surface area contributed by atoms with Crippen molar-refractivity contribution < 1.29 is 4.39 Å². The molecular formula is C15H19ClFN3. The van der Waals surface area contributed by atoms with Gasteiger partial charge in [0.1, 0.15) is 5.17 Å². The quantitative estimate of drug-likeness (QED) is 0.777.